The van der Waals surface area contributed by atoms with Crippen molar-refractivity contribution in [3.05, 3.63) is 318 Å². The minimum absolute atomic E-state index is 0.178. The number of furan rings is 1. The molecule has 16 rings (SSSR count). The Balaban J connectivity index is 0.857. The summed E-state index contributed by atoms with van der Waals surface area (Å²) in [6, 6.07) is 107. The molecule has 12 aromatic carbocycles. The van der Waals surface area contributed by atoms with Gasteiger partial charge in [-0.2, -0.15) is 0 Å². The number of fused-ring (bicyclic) bond motifs is 12. The van der Waals surface area contributed by atoms with Crippen molar-refractivity contribution in [2.75, 3.05) is 4.90 Å². The SMILES string of the molecule is CC1(C)c2ccccc2-c2ccc(N(c3cccc(C4(c5ccccc5)c5ccccc5-c5ccccc54)c3)c3ccc4oc5cc(-c6cccc([Si]7(c8ccccc8)c8ccccc8-c8ccccc87)c6)ccc5c4c3)cc21. The van der Waals surface area contributed by atoms with E-state index in [2.05, 4.69) is 304 Å². The van der Waals surface area contributed by atoms with Crippen LogP contribution in [0.2, 0.25) is 0 Å². The number of rotatable bonds is 8. The molecule has 0 saturated carbocycles. The summed E-state index contributed by atoms with van der Waals surface area (Å²) in [4.78, 5) is 2.47. The number of hydrogen-bond donors (Lipinski definition) is 0. The Bertz CT molecular complexity index is 4510. The number of benzene rings is 12. The Labute approximate surface area is 462 Å². The van der Waals surface area contributed by atoms with Gasteiger partial charge >= 0.3 is 0 Å². The summed E-state index contributed by atoms with van der Waals surface area (Å²) in [7, 11) is -2.67. The lowest BCUT2D eigenvalue weighted by Gasteiger charge is -2.35. The Hall–Kier alpha value is -9.54. The van der Waals surface area contributed by atoms with E-state index in [1.807, 2.05) is 0 Å². The zero-order chi connectivity index (χ0) is 52.5. The van der Waals surface area contributed by atoms with E-state index in [9.17, 15) is 0 Å². The van der Waals surface area contributed by atoms with Gasteiger partial charge in [0.1, 0.15) is 11.2 Å². The molecule has 13 aromatic rings. The lowest BCUT2D eigenvalue weighted by molar-refractivity contribution is 0.660. The lowest BCUT2D eigenvalue weighted by Crippen LogP contribution is -2.72. The first-order chi connectivity index (χ1) is 38.9. The van der Waals surface area contributed by atoms with Crippen LogP contribution in [-0.2, 0) is 10.8 Å². The summed E-state index contributed by atoms with van der Waals surface area (Å²) in [5.74, 6) is 0. The van der Waals surface area contributed by atoms with Gasteiger partial charge in [-0.15, -0.1) is 0 Å². The maximum absolute atomic E-state index is 6.90. The van der Waals surface area contributed by atoms with Crippen LogP contribution in [0.4, 0.5) is 17.1 Å². The third-order valence-electron chi connectivity index (χ3n) is 18.0. The maximum atomic E-state index is 6.90. The summed E-state index contributed by atoms with van der Waals surface area (Å²) in [6.07, 6.45) is 0. The summed E-state index contributed by atoms with van der Waals surface area (Å²) >= 11 is 0. The van der Waals surface area contributed by atoms with Crippen molar-refractivity contribution < 1.29 is 4.42 Å². The molecule has 2 nitrogen and oxygen atoms in total. The van der Waals surface area contributed by atoms with Crippen molar-refractivity contribution in [2.24, 2.45) is 0 Å². The fourth-order valence-electron chi connectivity index (χ4n) is 14.6. The van der Waals surface area contributed by atoms with E-state index in [4.69, 9.17) is 4.42 Å². The van der Waals surface area contributed by atoms with Crippen molar-refractivity contribution in [3.8, 4) is 44.5 Å². The van der Waals surface area contributed by atoms with E-state index >= 15 is 0 Å². The van der Waals surface area contributed by atoms with Gasteiger partial charge in [-0.1, -0.05) is 244 Å². The molecule has 0 N–H and O–H groups in total. The van der Waals surface area contributed by atoms with Gasteiger partial charge in [-0.25, -0.2) is 0 Å². The quantitative estimate of drug-likeness (QED) is 0.141. The Morgan fingerprint density at radius 2 is 0.835 bits per heavy atom. The molecule has 372 valence electrons. The number of anilines is 3. The second-order valence-electron chi connectivity index (χ2n) is 22.3. The minimum atomic E-state index is -2.67. The predicted molar refractivity (Wildman–Crippen MR) is 331 cm³/mol. The fourth-order valence-corrected chi connectivity index (χ4v) is 19.8. The molecule has 0 saturated heterocycles. The average molecular weight is 1020 g/mol. The van der Waals surface area contributed by atoms with E-state index < -0.39 is 13.5 Å². The van der Waals surface area contributed by atoms with Gasteiger partial charge in [0.05, 0.1) is 5.41 Å². The highest BCUT2D eigenvalue weighted by atomic mass is 28.3. The zero-order valence-electron chi connectivity index (χ0n) is 44.0. The van der Waals surface area contributed by atoms with Crippen LogP contribution in [-0.4, -0.2) is 8.07 Å². The third kappa shape index (κ3) is 6.45. The molecule has 0 spiro atoms. The Kier molecular flexibility index (Phi) is 9.95. The molecule has 3 heteroatoms. The molecule has 0 bridgehead atoms. The normalized spacial score (nSPS) is 14.5. The van der Waals surface area contributed by atoms with Gasteiger partial charge in [-0.3, -0.25) is 0 Å². The molecule has 0 atom stereocenters. The molecule has 0 radical (unpaired) electrons. The smallest absolute Gasteiger partial charge is 0.180 e. The molecule has 1 aliphatic heterocycles. The third-order valence-corrected chi connectivity index (χ3v) is 22.9. The van der Waals surface area contributed by atoms with Crippen LogP contribution >= 0.6 is 0 Å². The van der Waals surface area contributed by atoms with Crippen LogP contribution in [0.5, 0.6) is 0 Å². The van der Waals surface area contributed by atoms with Gasteiger partial charge < -0.3 is 9.32 Å². The van der Waals surface area contributed by atoms with Crippen LogP contribution < -0.4 is 25.6 Å². The van der Waals surface area contributed by atoms with E-state index in [-0.39, 0.29) is 5.41 Å². The zero-order valence-corrected chi connectivity index (χ0v) is 45.0. The summed E-state index contributed by atoms with van der Waals surface area (Å²) in [5.41, 5.74) is 22.2. The monoisotopic (exact) mass is 1020 g/mol. The van der Waals surface area contributed by atoms with E-state index in [1.165, 1.54) is 93.1 Å². The number of nitrogens with zero attached hydrogens (tertiary/aromatic N) is 1. The molecule has 1 aromatic heterocycles. The van der Waals surface area contributed by atoms with Crippen molar-refractivity contribution in [3.63, 3.8) is 0 Å². The van der Waals surface area contributed by atoms with Gasteiger partial charge in [-0.05, 0) is 153 Å². The average Bonchev–Trinajstić information content (AvgIpc) is 4.13. The second kappa shape index (κ2) is 17.2. The topological polar surface area (TPSA) is 16.4 Å². The van der Waals surface area contributed by atoms with Crippen molar-refractivity contribution in [2.45, 2.75) is 24.7 Å². The van der Waals surface area contributed by atoms with Gasteiger partial charge in [0.25, 0.3) is 0 Å². The molecule has 0 unspecified atom stereocenters. The highest BCUT2D eigenvalue weighted by Gasteiger charge is 2.49. The Morgan fingerprint density at radius 3 is 1.54 bits per heavy atom. The van der Waals surface area contributed by atoms with E-state index in [0.717, 1.165) is 44.6 Å². The van der Waals surface area contributed by atoms with Crippen molar-refractivity contribution >= 4 is 67.8 Å². The molecular formula is C76H53NOSi. The highest BCUT2D eigenvalue weighted by Crippen LogP contribution is 2.57. The van der Waals surface area contributed by atoms with E-state index in [1.54, 1.807) is 0 Å². The van der Waals surface area contributed by atoms with Crippen molar-refractivity contribution in [1.82, 2.24) is 0 Å². The van der Waals surface area contributed by atoms with E-state index in [0.29, 0.717) is 0 Å². The van der Waals surface area contributed by atoms with Crippen LogP contribution in [0.25, 0.3) is 66.4 Å². The summed E-state index contributed by atoms with van der Waals surface area (Å²) < 4.78 is 6.90. The highest BCUT2D eigenvalue weighted by molar-refractivity contribution is 7.22. The predicted octanol–water partition coefficient (Wildman–Crippen LogP) is 16.7. The van der Waals surface area contributed by atoms with Gasteiger partial charge in [0.2, 0.25) is 0 Å². The van der Waals surface area contributed by atoms with Crippen LogP contribution in [0.15, 0.2) is 290 Å². The fraction of sp³-hybridized carbons (Fsp3) is 0.0526. The van der Waals surface area contributed by atoms with Gasteiger partial charge in [0, 0.05) is 33.2 Å². The second-order valence-corrected chi connectivity index (χ2v) is 26.0. The first kappa shape index (κ1) is 45.6. The first-order valence-electron chi connectivity index (χ1n) is 27.6. The molecule has 0 fully saturated rings. The molecule has 2 aliphatic carbocycles. The van der Waals surface area contributed by atoms with Crippen LogP contribution in [0.3, 0.4) is 0 Å². The molecular weight excluding hydrogens is 971 g/mol. The van der Waals surface area contributed by atoms with Gasteiger partial charge in [0.15, 0.2) is 8.07 Å². The van der Waals surface area contributed by atoms with Crippen LogP contribution in [0.1, 0.15) is 47.2 Å². The lowest BCUT2D eigenvalue weighted by atomic mass is 9.67. The minimum Gasteiger partial charge on any atom is -0.456 e. The molecule has 0 amide bonds. The first-order valence-corrected chi connectivity index (χ1v) is 29.6. The van der Waals surface area contributed by atoms with Crippen molar-refractivity contribution in [1.29, 1.82) is 0 Å². The maximum Gasteiger partial charge on any atom is 0.180 e. The summed E-state index contributed by atoms with van der Waals surface area (Å²) in [6.45, 7) is 4.74. The van der Waals surface area contributed by atoms with Crippen LogP contribution in [0, 0.1) is 0 Å². The largest absolute Gasteiger partial charge is 0.456 e. The molecule has 2 heterocycles. The molecule has 3 aliphatic rings. The number of hydrogen-bond acceptors (Lipinski definition) is 2. The Morgan fingerprint density at radius 1 is 0.316 bits per heavy atom. The molecule has 79 heavy (non-hydrogen) atoms. The standard InChI is InChI=1S/C76H53NOSi/c1-75(2)67-34-14-9-29-59(67)62-43-40-56(49-70(62)75)77(54-25-20-24-53(47-54)76(52-22-5-3-6-23-52)68-35-15-10-30-60(68)61-31-11-16-36-69(61)76)55-41-44-71-66(48-55)63-42-39-51(46-72(63)78-71)50-21-19-28-58(45-50)79(57-26-7-4-8-27-57)73-37-17-12-32-64(73)65-33-13-18-38-74(65)79/h3-49H,1-2H3. The summed E-state index contributed by atoms with van der Waals surface area (Å²) in [5, 5.41) is 7.84.